The molecule has 1 fully saturated rings. The van der Waals surface area contributed by atoms with Crippen molar-refractivity contribution in [1.82, 2.24) is 9.97 Å². The summed E-state index contributed by atoms with van der Waals surface area (Å²) in [5.41, 5.74) is -1.08. The number of hydrogen-bond acceptors (Lipinski definition) is 6. The molecule has 1 aliphatic heterocycles. The maximum Gasteiger partial charge on any atom is 0.136 e. The van der Waals surface area contributed by atoms with Crippen molar-refractivity contribution in [2.45, 2.75) is 31.8 Å². The smallest absolute Gasteiger partial charge is 0.136 e. The Kier molecular flexibility index (Phi) is 4.29. The summed E-state index contributed by atoms with van der Waals surface area (Å²) in [5.74, 6) is 2.18. The normalized spacial score (nSPS) is 18.0. The van der Waals surface area contributed by atoms with Gasteiger partial charge in [0.2, 0.25) is 0 Å². The molecule has 3 rings (SSSR count). The van der Waals surface area contributed by atoms with Gasteiger partial charge in [0.25, 0.3) is 0 Å². The van der Waals surface area contributed by atoms with Crippen molar-refractivity contribution in [2.24, 2.45) is 0 Å². The molecule has 2 aromatic heterocycles. The van der Waals surface area contributed by atoms with Gasteiger partial charge in [0.05, 0.1) is 12.8 Å². The Labute approximate surface area is 130 Å². The molecule has 22 heavy (non-hydrogen) atoms. The van der Waals surface area contributed by atoms with Gasteiger partial charge in [-0.05, 0) is 38.3 Å². The van der Waals surface area contributed by atoms with Gasteiger partial charge in [-0.15, -0.1) is 0 Å². The first-order chi connectivity index (χ1) is 10.6. The van der Waals surface area contributed by atoms with Crippen LogP contribution in [0.5, 0.6) is 0 Å². The highest BCUT2D eigenvalue weighted by Crippen LogP contribution is 2.23. The van der Waals surface area contributed by atoms with Gasteiger partial charge in [-0.3, -0.25) is 0 Å². The molecule has 6 nitrogen and oxygen atoms in total. The largest absolute Gasteiger partial charge is 0.466 e. The summed E-state index contributed by atoms with van der Waals surface area (Å²) in [6.07, 6.45) is 6.83. The average molecular weight is 302 g/mol. The van der Waals surface area contributed by atoms with E-state index >= 15 is 0 Å². The lowest BCUT2D eigenvalue weighted by atomic mass is 10.0. The monoisotopic (exact) mass is 302 g/mol. The molecular weight excluding hydrogens is 280 g/mol. The van der Waals surface area contributed by atoms with Crippen LogP contribution in [0, 0.1) is 0 Å². The van der Waals surface area contributed by atoms with E-state index in [2.05, 4.69) is 20.2 Å². The molecule has 0 bridgehead atoms. The zero-order chi connectivity index (χ0) is 15.4. The number of anilines is 2. The van der Waals surface area contributed by atoms with Crippen molar-refractivity contribution in [3.05, 3.63) is 36.5 Å². The van der Waals surface area contributed by atoms with Crippen LogP contribution in [0.15, 0.2) is 35.2 Å². The molecule has 118 valence electrons. The Morgan fingerprint density at radius 1 is 1.32 bits per heavy atom. The van der Waals surface area contributed by atoms with Crippen LogP contribution in [-0.2, 0) is 5.60 Å². The van der Waals surface area contributed by atoms with Crippen LogP contribution in [-0.4, -0.2) is 34.7 Å². The van der Waals surface area contributed by atoms with Gasteiger partial charge in [-0.2, -0.15) is 0 Å². The molecule has 1 unspecified atom stereocenters. The number of rotatable bonds is 5. The van der Waals surface area contributed by atoms with E-state index in [1.165, 1.54) is 19.3 Å². The summed E-state index contributed by atoms with van der Waals surface area (Å²) in [4.78, 5) is 10.9. The molecule has 0 radical (unpaired) electrons. The Morgan fingerprint density at radius 3 is 2.86 bits per heavy atom. The van der Waals surface area contributed by atoms with Crippen molar-refractivity contribution in [3.63, 3.8) is 0 Å². The number of piperidine rings is 1. The highest BCUT2D eigenvalue weighted by Gasteiger charge is 2.26. The maximum atomic E-state index is 10.4. The minimum Gasteiger partial charge on any atom is -0.466 e. The molecule has 1 aliphatic rings. The molecule has 0 saturated carbocycles. The van der Waals surface area contributed by atoms with E-state index in [-0.39, 0.29) is 0 Å². The number of aromatic nitrogens is 2. The van der Waals surface area contributed by atoms with E-state index in [1.54, 1.807) is 31.6 Å². The second kappa shape index (κ2) is 6.36. The zero-order valence-corrected chi connectivity index (χ0v) is 12.8. The van der Waals surface area contributed by atoms with Crippen LogP contribution >= 0.6 is 0 Å². The Morgan fingerprint density at radius 2 is 2.14 bits per heavy atom. The number of hydrogen-bond donors (Lipinski definition) is 2. The van der Waals surface area contributed by atoms with Crippen molar-refractivity contribution < 1.29 is 9.52 Å². The molecule has 3 heterocycles. The van der Waals surface area contributed by atoms with E-state index in [0.717, 1.165) is 18.9 Å². The van der Waals surface area contributed by atoms with Gasteiger partial charge in [-0.1, -0.05) is 0 Å². The van der Waals surface area contributed by atoms with Gasteiger partial charge in [0, 0.05) is 19.2 Å². The average Bonchev–Trinajstić information content (AvgIpc) is 3.10. The molecular formula is C16H22N4O2. The first-order valence-corrected chi connectivity index (χ1v) is 7.72. The van der Waals surface area contributed by atoms with E-state index in [0.29, 0.717) is 18.1 Å². The van der Waals surface area contributed by atoms with Gasteiger partial charge < -0.3 is 19.7 Å². The maximum absolute atomic E-state index is 10.4. The van der Waals surface area contributed by atoms with Crippen LogP contribution in [0.2, 0.25) is 0 Å². The minimum absolute atomic E-state index is 0.316. The third-order valence-electron chi connectivity index (χ3n) is 4.00. The fourth-order valence-corrected chi connectivity index (χ4v) is 2.67. The SMILES string of the molecule is CC(O)(CNc1cc(N2CCCCC2)ncn1)c1ccco1. The number of nitrogens with zero attached hydrogens (tertiary/aromatic N) is 3. The van der Waals surface area contributed by atoms with Gasteiger partial charge in [0.1, 0.15) is 29.3 Å². The lowest BCUT2D eigenvalue weighted by Gasteiger charge is -2.28. The Hall–Kier alpha value is -2.08. The lowest BCUT2D eigenvalue weighted by Crippen LogP contribution is -2.31. The molecule has 0 spiro atoms. The summed E-state index contributed by atoms with van der Waals surface area (Å²) < 4.78 is 5.27. The number of aliphatic hydroxyl groups is 1. The van der Waals surface area contributed by atoms with Crippen molar-refractivity contribution >= 4 is 11.6 Å². The van der Waals surface area contributed by atoms with E-state index < -0.39 is 5.60 Å². The summed E-state index contributed by atoms with van der Waals surface area (Å²) in [6.45, 7) is 4.11. The molecule has 0 aromatic carbocycles. The van der Waals surface area contributed by atoms with E-state index in [9.17, 15) is 5.11 Å². The predicted molar refractivity (Wildman–Crippen MR) is 84.9 cm³/mol. The van der Waals surface area contributed by atoms with Gasteiger partial charge in [-0.25, -0.2) is 9.97 Å². The van der Waals surface area contributed by atoms with Crippen LogP contribution in [0.4, 0.5) is 11.6 Å². The molecule has 6 heteroatoms. The molecule has 0 amide bonds. The van der Waals surface area contributed by atoms with Crippen LogP contribution in [0.25, 0.3) is 0 Å². The summed E-state index contributed by atoms with van der Waals surface area (Å²) >= 11 is 0. The highest BCUT2D eigenvalue weighted by molar-refractivity contribution is 5.48. The fraction of sp³-hybridized carbons (Fsp3) is 0.500. The fourth-order valence-electron chi connectivity index (χ4n) is 2.67. The standard InChI is InChI=1S/C16H22N4O2/c1-16(21,13-6-5-9-22-13)11-17-14-10-15(19-12-18-14)20-7-3-2-4-8-20/h5-6,9-10,12,21H,2-4,7-8,11H2,1H3,(H,17,18,19). The molecule has 2 N–H and O–H groups in total. The summed E-state index contributed by atoms with van der Waals surface area (Å²) in [6, 6.07) is 5.47. The topological polar surface area (TPSA) is 74.4 Å². The van der Waals surface area contributed by atoms with Crippen molar-refractivity contribution in [1.29, 1.82) is 0 Å². The predicted octanol–water partition coefficient (Wildman–Crippen LogP) is 2.38. The van der Waals surface area contributed by atoms with Crippen molar-refractivity contribution in [3.8, 4) is 0 Å². The Balaban J connectivity index is 1.65. The van der Waals surface area contributed by atoms with E-state index in [1.807, 2.05) is 6.07 Å². The van der Waals surface area contributed by atoms with E-state index in [4.69, 9.17) is 4.42 Å². The third-order valence-corrected chi connectivity index (χ3v) is 4.00. The second-order valence-corrected chi connectivity index (χ2v) is 5.91. The second-order valence-electron chi connectivity index (χ2n) is 5.91. The number of furan rings is 1. The molecule has 1 saturated heterocycles. The first kappa shape index (κ1) is 14.8. The Bertz CT molecular complexity index is 592. The van der Waals surface area contributed by atoms with Crippen molar-refractivity contribution in [2.75, 3.05) is 29.9 Å². The lowest BCUT2D eigenvalue weighted by molar-refractivity contribution is 0.0476. The minimum atomic E-state index is -1.08. The first-order valence-electron chi connectivity index (χ1n) is 7.72. The van der Waals surface area contributed by atoms with Gasteiger partial charge in [0.15, 0.2) is 0 Å². The number of nitrogens with one attached hydrogen (secondary N) is 1. The quantitative estimate of drug-likeness (QED) is 0.883. The summed E-state index contributed by atoms with van der Waals surface area (Å²) in [5, 5.41) is 13.6. The van der Waals surface area contributed by atoms with Gasteiger partial charge >= 0.3 is 0 Å². The highest BCUT2D eigenvalue weighted by atomic mass is 16.4. The van der Waals surface area contributed by atoms with Crippen LogP contribution in [0.1, 0.15) is 31.9 Å². The molecule has 0 aliphatic carbocycles. The molecule has 1 atom stereocenters. The zero-order valence-electron chi connectivity index (χ0n) is 12.8. The van der Waals surface area contributed by atoms with Crippen LogP contribution in [0.3, 0.4) is 0 Å². The third kappa shape index (κ3) is 3.39. The summed E-state index contributed by atoms with van der Waals surface area (Å²) in [7, 11) is 0. The molecule has 2 aromatic rings. The van der Waals surface area contributed by atoms with Crippen LogP contribution < -0.4 is 10.2 Å².